The average molecular weight is 203 g/mol. The predicted molar refractivity (Wildman–Crippen MR) is 58.7 cm³/mol. The maximum absolute atomic E-state index is 4.47. The lowest BCUT2D eigenvalue weighted by molar-refractivity contribution is 1.17. The van der Waals surface area contributed by atoms with Crippen LogP contribution in [0.2, 0.25) is 0 Å². The number of hydrogen-bond acceptors (Lipinski definition) is 3. The van der Waals surface area contributed by atoms with E-state index in [-0.39, 0.29) is 0 Å². The number of imidazole rings is 1. The molecular formula is C10H9N3S. The molecule has 1 aromatic carbocycles. The zero-order chi connectivity index (χ0) is 9.71. The van der Waals surface area contributed by atoms with Crippen molar-refractivity contribution in [1.82, 2.24) is 15.0 Å². The maximum Gasteiger partial charge on any atom is 0.108 e. The Balaban J connectivity index is 2.58. The molecule has 14 heavy (non-hydrogen) atoms. The Labute approximate surface area is 84.8 Å². The van der Waals surface area contributed by atoms with Gasteiger partial charge in [-0.05, 0) is 26.0 Å². The lowest BCUT2D eigenvalue weighted by atomic mass is 10.3. The van der Waals surface area contributed by atoms with Crippen molar-refractivity contribution in [3.63, 3.8) is 0 Å². The monoisotopic (exact) mass is 203 g/mol. The fourth-order valence-electron chi connectivity index (χ4n) is 1.69. The van der Waals surface area contributed by atoms with Crippen LogP contribution in [0.25, 0.3) is 21.3 Å². The van der Waals surface area contributed by atoms with Crippen LogP contribution in [0.3, 0.4) is 0 Å². The van der Waals surface area contributed by atoms with Gasteiger partial charge in [0.25, 0.3) is 0 Å². The molecule has 70 valence electrons. The molecule has 0 aliphatic rings. The number of aromatic amines is 1. The second kappa shape index (κ2) is 2.54. The number of aromatic nitrogens is 3. The molecule has 2 heterocycles. The average Bonchev–Trinajstić information content (AvgIpc) is 2.65. The van der Waals surface area contributed by atoms with E-state index in [0.29, 0.717) is 0 Å². The third kappa shape index (κ3) is 0.974. The summed E-state index contributed by atoms with van der Waals surface area (Å²) in [5.74, 6) is 0.957. The minimum Gasteiger partial charge on any atom is -0.342 e. The Hall–Kier alpha value is -1.42. The van der Waals surface area contributed by atoms with Crippen LogP contribution in [0.1, 0.15) is 10.8 Å². The molecule has 0 saturated heterocycles. The highest BCUT2D eigenvalue weighted by Gasteiger charge is 2.07. The molecule has 0 spiro atoms. The van der Waals surface area contributed by atoms with E-state index in [1.807, 2.05) is 26.0 Å². The first-order chi connectivity index (χ1) is 6.74. The van der Waals surface area contributed by atoms with Gasteiger partial charge in [-0.1, -0.05) is 0 Å². The number of fused-ring (bicyclic) bond motifs is 3. The fourth-order valence-corrected chi connectivity index (χ4v) is 2.60. The van der Waals surface area contributed by atoms with Gasteiger partial charge in [0.05, 0.1) is 20.7 Å². The molecule has 0 unspecified atom stereocenters. The third-order valence-corrected chi connectivity index (χ3v) is 3.23. The largest absolute Gasteiger partial charge is 0.342 e. The van der Waals surface area contributed by atoms with E-state index in [1.54, 1.807) is 11.3 Å². The molecule has 0 saturated carbocycles. The number of nitrogens with zero attached hydrogens (tertiary/aromatic N) is 2. The zero-order valence-electron chi connectivity index (χ0n) is 7.96. The van der Waals surface area contributed by atoms with Crippen molar-refractivity contribution >= 4 is 32.6 Å². The summed E-state index contributed by atoms with van der Waals surface area (Å²) in [6, 6.07) is 4.08. The highest BCUT2D eigenvalue weighted by atomic mass is 32.1. The van der Waals surface area contributed by atoms with Crippen molar-refractivity contribution < 1.29 is 0 Å². The lowest BCUT2D eigenvalue weighted by Gasteiger charge is -1.87. The first-order valence-electron chi connectivity index (χ1n) is 4.46. The minimum absolute atomic E-state index is 0.957. The molecular weight excluding hydrogens is 194 g/mol. The molecule has 2 aromatic heterocycles. The molecule has 0 radical (unpaired) electrons. The summed E-state index contributed by atoms with van der Waals surface area (Å²) < 4.78 is 1.18. The van der Waals surface area contributed by atoms with Crippen LogP contribution >= 0.6 is 11.3 Å². The second-order valence-electron chi connectivity index (χ2n) is 3.37. The van der Waals surface area contributed by atoms with Gasteiger partial charge in [0, 0.05) is 0 Å². The van der Waals surface area contributed by atoms with Gasteiger partial charge in [-0.2, -0.15) is 0 Å². The van der Waals surface area contributed by atoms with Crippen LogP contribution in [0.5, 0.6) is 0 Å². The normalized spacial score (nSPS) is 11.6. The number of nitrogens with one attached hydrogen (secondary N) is 1. The van der Waals surface area contributed by atoms with Gasteiger partial charge in [0.2, 0.25) is 0 Å². The lowest BCUT2D eigenvalue weighted by Crippen LogP contribution is -1.71. The number of H-pyrrole nitrogens is 1. The standard InChI is InChI=1S/C10H9N3S/c1-5-11-7-3-4-8-10(9(7)12-5)14-6(2)13-8/h3-4H,1-2H3,(H,11,12). The van der Waals surface area contributed by atoms with Gasteiger partial charge in [0.1, 0.15) is 11.3 Å². The second-order valence-corrected chi connectivity index (χ2v) is 4.57. The summed E-state index contributed by atoms with van der Waals surface area (Å²) in [7, 11) is 0. The topological polar surface area (TPSA) is 41.6 Å². The smallest absolute Gasteiger partial charge is 0.108 e. The van der Waals surface area contributed by atoms with Crippen molar-refractivity contribution in [2.45, 2.75) is 13.8 Å². The van der Waals surface area contributed by atoms with Gasteiger partial charge in [-0.25, -0.2) is 9.97 Å². The number of benzene rings is 1. The summed E-state index contributed by atoms with van der Waals surface area (Å²) >= 11 is 1.70. The van der Waals surface area contributed by atoms with Crippen molar-refractivity contribution in [3.8, 4) is 0 Å². The first kappa shape index (κ1) is 7.94. The van der Waals surface area contributed by atoms with E-state index in [1.165, 1.54) is 4.70 Å². The molecule has 0 bridgehead atoms. The first-order valence-corrected chi connectivity index (χ1v) is 5.28. The molecule has 3 aromatic rings. The number of rotatable bonds is 0. The van der Waals surface area contributed by atoms with Gasteiger partial charge in [-0.3, -0.25) is 0 Å². The molecule has 3 nitrogen and oxygen atoms in total. The van der Waals surface area contributed by atoms with E-state index in [2.05, 4.69) is 15.0 Å². The van der Waals surface area contributed by atoms with E-state index in [0.717, 1.165) is 27.4 Å². The van der Waals surface area contributed by atoms with Crippen LogP contribution in [-0.4, -0.2) is 15.0 Å². The van der Waals surface area contributed by atoms with Crippen molar-refractivity contribution in [2.24, 2.45) is 0 Å². The van der Waals surface area contributed by atoms with Gasteiger partial charge < -0.3 is 4.98 Å². The minimum atomic E-state index is 0.957. The SMILES string of the molecule is Cc1nc2c(ccc3nc(C)sc32)[nH]1. The van der Waals surface area contributed by atoms with Gasteiger partial charge in [-0.15, -0.1) is 11.3 Å². The van der Waals surface area contributed by atoms with Crippen LogP contribution in [0.15, 0.2) is 12.1 Å². The molecule has 0 fully saturated rings. The molecule has 0 amide bonds. The Morgan fingerprint density at radius 1 is 1.21 bits per heavy atom. The Morgan fingerprint density at radius 2 is 2.07 bits per heavy atom. The zero-order valence-corrected chi connectivity index (χ0v) is 8.77. The van der Waals surface area contributed by atoms with Gasteiger partial charge >= 0.3 is 0 Å². The summed E-state index contributed by atoms with van der Waals surface area (Å²) in [5, 5.41) is 1.09. The van der Waals surface area contributed by atoms with Crippen LogP contribution < -0.4 is 0 Å². The molecule has 1 N–H and O–H groups in total. The Kier molecular flexibility index (Phi) is 1.44. The Morgan fingerprint density at radius 3 is 2.93 bits per heavy atom. The summed E-state index contributed by atoms with van der Waals surface area (Å²) in [6.07, 6.45) is 0. The van der Waals surface area contributed by atoms with Crippen molar-refractivity contribution in [2.75, 3.05) is 0 Å². The number of aryl methyl sites for hydroxylation is 2. The van der Waals surface area contributed by atoms with Crippen molar-refractivity contribution in [3.05, 3.63) is 23.0 Å². The molecule has 0 aliphatic heterocycles. The van der Waals surface area contributed by atoms with Crippen LogP contribution in [-0.2, 0) is 0 Å². The van der Waals surface area contributed by atoms with Crippen LogP contribution in [0.4, 0.5) is 0 Å². The predicted octanol–water partition coefficient (Wildman–Crippen LogP) is 2.79. The highest BCUT2D eigenvalue weighted by molar-refractivity contribution is 7.19. The van der Waals surface area contributed by atoms with E-state index < -0.39 is 0 Å². The van der Waals surface area contributed by atoms with E-state index in [9.17, 15) is 0 Å². The summed E-state index contributed by atoms with van der Waals surface area (Å²) in [5.41, 5.74) is 3.19. The molecule has 3 rings (SSSR count). The van der Waals surface area contributed by atoms with E-state index >= 15 is 0 Å². The molecule has 0 atom stereocenters. The summed E-state index contributed by atoms with van der Waals surface area (Å²) in [4.78, 5) is 12.1. The molecule has 4 heteroatoms. The third-order valence-electron chi connectivity index (χ3n) is 2.23. The maximum atomic E-state index is 4.47. The van der Waals surface area contributed by atoms with Gasteiger partial charge in [0.15, 0.2) is 0 Å². The summed E-state index contributed by atoms with van der Waals surface area (Å²) in [6.45, 7) is 4.00. The van der Waals surface area contributed by atoms with E-state index in [4.69, 9.17) is 0 Å². The van der Waals surface area contributed by atoms with Crippen LogP contribution in [0, 0.1) is 13.8 Å². The fraction of sp³-hybridized carbons (Fsp3) is 0.200. The van der Waals surface area contributed by atoms with Crippen molar-refractivity contribution in [1.29, 1.82) is 0 Å². The Bertz CT molecular complexity index is 565. The number of thiazole rings is 1. The quantitative estimate of drug-likeness (QED) is 0.610. The molecule has 0 aliphatic carbocycles. The number of hydrogen-bond donors (Lipinski definition) is 1. The highest BCUT2D eigenvalue weighted by Crippen LogP contribution is 2.28.